The fourth-order valence-electron chi connectivity index (χ4n) is 1.98. The summed E-state index contributed by atoms with van der Waals surface area (Å²) in [6.07, 6.45) is 0. The van der Waals surface area contributed by atoms with E-state index in [0.29, 0.717) is 17.1 Å². The van der Waals surface area contributed by atoms with Crippen molar-refractivity contribution < 1.29 is 14.3 Å². The second-order valence-electron chi connectivity index (χ2n) is 4.57. The van der Waals surface area contributed by atoms with Gasteiger partial charge in [-0.25, -0.2) is 5.43 Å². The van der Waals surface area contributed by atoms with Gasteiger partial charge in [0.05, 0.1) is 5.71 Å². The molecule has 2 aromatic rings. The third kappa shape index (κ3) is 2.86. The van der Waals surface area contributed by atoms with Crippen molar-refractivity contribution in [1.82, 2.24) is 5.43 Å². The van der Waals surface area contributed by atoms with Crippen LogP contribution in [0.3, 0.4) is 0 Å². The van der Waals surface area contributed by atoms with Crippen molar-refractivity contribution in [3.8, 4) is 11.5 Å². The summed E-state index contributed by atoms with van der Waals surface area (Å²) in [6, 6.07) is 14.7. The molecule has 2 aromatic carbocycles. The van der Waals surface area contributed by atoms with Crippen LogP contribution in [0.25, 0.3) is 0 Å². The highest BCUT2D eigenvalue weighted by Crippen LogP contribution is 2.32. The van der Waals surface area contributed by atoms with Gasteiger partial charge < -0.3 is 9.47 Å². The number of ether oxygens (including phenoxy) is 2. The maximum atomic E-state index is 12.1. The first-order valence-corrected chi connectivity index (χ1v) is 6.54. The summed E-state index contributed by atoms with van der Waals surface area (Å²) >= 11 is 0. The van der Waals surface area contributed by atoms with E-state index in [1.54, 1.807) is 18.2 Å². The number of hydrogen-bond donors (Lipinski definition) is 1. The van der Waals surface area contributed by atoms with Gasteiger partial charge in [0.2, 0.25) is 6.79 Å². The van der Waals surface area contributed by atoms with Crippen LogP contribution in [0.2, 0.25) is 0 Å². The summed E-state index contributed by atoms with van der Waals surface area (Å²) in [5, 5.41) is 4.11. The van der Waals surface area contributed by atoms with Crippen molar-refractivity contribution in [1.29, 1.82) is 0 Å². The van der Waals surface area contributed by atoms with E-state index in [1.807, 2.05) is 37.3 Å². The number of nitrogens with one attached hydrogen (secondary N) is 1. The lowest BCUT2D eigenvalue weighted by Gasteiger charge is -2.04. The molecule has 0 radical (unpaired) electrons. The Morgan fingerprint density at radius 1 is 1.05 bits per heavy atom. The number of carbonyl (C=O) groups excluding carboxylic acids is 1. The standard InChI is InChI=1S/C16H14N2O3/c1-11(12-5-3-2-4-6-12)17-18-16(19)13-7-8-14-15(9-13)21-10-20-14/h2-9H,10H2,1H3,(H,18,19). The Morgan fingerprint density at radius 2 is 1.81 bits per heavy atom. The molecule has 0 aromatic heterocycles. The van der Waals surface area contributed by atoms with Gasteiger partial charge in [-0.2, -0.15) is 5.10 Å². The Hall–Kier alpha value is -2.82. The zero-order valence-electron chi connectivity index (χ0n) is 11.5. The van der Waals surface area contributed by atoms with Gasteiger partial charge in [-0.15, -0.1) is 0 Å². The molecule has 0 saturated carbocycles. The quantitative estimate of drug-likeness (QED) is 0.695. The molecular weight excluding hydrogens is 268 g/mol. The summed E-state index contributed by atoms with van der Waals surface area (Å²) in [4.78, 5) is 12.1. The number of nitrogens with zero attached hydrogens (tertiary/aromatic N) is 1. The van der Waals surface area contributed by atoms with Crippen molar-refractivity contribution in [2.24, 2.45) is 5.10 Å². The Kier molecular flexibility index (Phi) is 3.55. The van der Waals surface area contributed by atoms with Crippen LogP contribution in [0.1, 0.15) is 22.8 Å². The Labute approximate surface area is 122 Å². The van der Waals surface area contributed by atoms with E-state index in [-0.39, 0.29) is 12.7 Å². The molecule has 3 rings (SSSR count). The molecule has 5 heteroatoms. The molecule has 0 atom stereocenters. The molecule has 0 aliphatic carbocycles. The van der Waals surface area contributed by atoms with Crippen molar-refractivity contribution >= 4 is 11.6 Å². The third-order valence-electron chi connectivity index (χ3n) is 3.15. The number of benzene rings is 2. The van der Waals surface area contributed by atoms with Gasteiger partial charge in [0.25, 0.3) is 5.91 Å². The van der Waals surface area contributed by atoms with E-state index < -0.39 is 0 Å². The van der Waals surface area contributed by atoms with Gasteiger partial charge in [-0.05, 0) is 30.7 Å². The van der Waals surface area contributed by atoms with Crippen molar-refractivity contribution in [3.05, 3.63) is 59.7 Å². The van der Waals surface area contributed by atoms with Gasteiger partial charge in [0, 0.05) is 5.56 Å². The molecule has 1 N–H and O–H groups in total. The van der Waals surface area contributed by atoms with E-state index in [1.165, 1.54) is 0 Å². The van der Waals surface area contributed by atoms with Crippen molar-refractivity contribution in [2.75, 3.05) is 6.79 Å². The zero-order chi connectivity index (χ0) is 14.7. The molecule has 0 fully saturated rings. The molecule has 0 spiro atoms. The monoisotopic (exact) mass is 282 g/mol. The predicted octanol–water partition coefficient (Wildman–Crippen LogP) is 2.57. The Morgan fingerprint density at radius 3 is 2.62 bits per heavy atom. The van der Waals surface area contributed by atoms with E-state index in [4.69, 9.17) is 9.47 Å². The van der Waals surface area contributed by atoms with Crippen LogP contribution in [-0.2, 0) is 0 Å². The van der Waals surface area contributed by atoms with E-state index in [2.05, 4.69) is 10.5 Å². The van der Waals surface area contributed by atoms with Crippen LogP contribution in [0.15, 0.2) is 53.6 Å². The fourth-order valence-corrected chi connectivity index (χ4v) is 1.98. The maximum Gasteiger partial charge on any atom is 0.271 e. The summed E-state index contributed by atoms with van der Waals surface area (Å²) in [6.45, 7) is 2.03. The highest BCUT2D eigenvalue weighted by atomic mass is 16.7. The molecule has 1 heterocycles. The van der Waals surface area contributed by atoms with Gasteiger partial charge in [0.1, 0.15) is 0 Å². The predicted molar refractivity (Wildman–Crippen MR) is 78.7 cm³/mol. The molecule has 106 valence electrons. The van der Waals surface area contributed by atoms with Gasteiger partial charge in [-0.3, -0.25) is 4.79 Å². The van der Waals surface area contributed by atoms with E-state index in [0.717, 1.165) is 11.3 Å². The highest BCUT2D eigenvalue weighted by Gasteiger charge is 2.15. The third-order valence-corrected chi connectivity index (χ3v) is 3.15. The van der Waals surface area contributed by atoms with Gasteiger partial charge >= 0.3 is 0 Å². The van der Waals surface area contributed by atoms with Crippen LogP contribution in [0.5, 0.6) is 11.5 Å². The topological polar surface area (TPSA) is 59.9 Å². The minimum absolute atomic E-state index is 0.186. The van der Waals surface area contributed by atoms with Crippen LogP contribution in [-0.4, -0.2) is 18.4 Å². The van der Waals surface area contributed by atoms with Crippen molar-refractivity contribution in [2.45, 2.75) is 6.92 Å². The average molecular weight is 282 g/mol. The number of hydrazone groups is 1. The molecule has 21 heavy (non-hydrogen) atoms. The lowest BCUT2D eigenvalue weighted by atomic mass is 10.1. The largest absolute Gasteiger partial charge is 0.454 e. The number of hydrogen-bond acceptors (Lipinski definition) is 4. The Bertz CT molecular complexity index is 696. The lowest BCUT2D eigenvalue weighted by molar-refractivity contribution is 0.0954. The molecule has 1 aliphatic rings. The number of rotatable bonds is 3. The number of fused-ring (bicyclic) bond motifs is 1. The summed E-state index contributed by atoms with van der Waals surface area (Å²) < 4.78 is 10.5. The molecular formula is C16H14N2O3. The van der Waals surface area contributed by atoms with Crippen LogP contribution in [0.4, 0.5) is 0 Å². The maximum absolute atomic E-state index is 12.1. The summed E-state index contributed by atoms with van der Waals surface area (Å²) in [7, 11) is 0. The molecule has 0 unspecified atom stereocenters. The smallest absolute Gasteiger partial charge is 0.271 e. The van der Waals surface area contributed by atoms with E-state index >= 15 is 0 Å². The van der Waals surface area contributed by atoms with Gasteiger partial charge in [0.15, 0.2) is 11.5 Å². The minimum atomic E-state index is -0.288. The van der Waals surface area contributed by atoms with Crippen LogP contribution >= 0.6 is 0 Å². The normalized spacial score (nSPS) is 13.1. The summed E-state index contributed by atoms with van der Waals surface area (Å²) in [5.41, 5.74) is 4.72. The highest BCUT2D eigenvalue weighted by molar-refractivity contribution is 6.01. The van der Waals surface area contributed by atoms with Crippen molar-refractivity contribution in [3.63, 3.8) is 0 Å². The molecule has 5 nitrogen and oxygen atoms in total. The first-order chi connectivity index (χ1) is 10.2. The summed E-state index contributed by atoms with van der Waals surface area (Å²) in [5.74, 6) is 0.936. The Balaban J connectivity index is 1.72. The zero-order valence-corrected chi connectivity index (χ0v) is 11.5. The molecule has 1 amide bonds. The molecule has 0 bridgehead atoms. The van der Waals surface area contributed by atoms with Crippen LogP contribution < -0.4 is 14.9 Å². The number of carbonyl (C=O) groups is 1. The first kappa shape index (κ1) is 13.2. The minimum Gasteiger partial charge on any atom is -0.454 e. The fraction of sp³-hybridized carbons (Fsp3) is 0.125. The lowest BCUT2D eigenvalue weighted by Crippen LogP contribution is -2.19. The van der Waals surface area contributed by atoms with Crippen LogP contribution in [0, 0.1) is 0 Å². The van der Waals surface area contributed by atoms with Gasteiger partial charge in [-0.1, -0.05) is 30.3 Å². The first-order valence-electron chi connectivity index (χ1n) is 6.54. The second-order valence-corrected chi connectivity index (χ2v) is 4.57. The average Bonchev–Trinajstić information content (AvgIpc) is 3.00. The van der Waals surface area contributed by atoms with E-state index in [9.17, 15) is 4.79 Å². The SMILES string of the molecule is CC(=NNC(=O)c1ccc2c(c1)OCO2)c1ccccc1. The molecule has 0 saturated heterocycles. The second kappa shape index (κ2) is 5.66. The molecule has 1 aliphatic heterocycles. The number of amides is 1.